The molecule has 0 aliphatic rings. The number of tetrazole rings is 1. The Labute approximate surface area is 103 Å². The number of nitro benzene ring substituents is 1. The molecule has 1 aromatic heterocycles. The van der Waals surface area contributed by atoms with Gasteiger partial charge in [0.25, 0.3) is 5.69 Å². The van der Waals surface area contributed by atoms with E-state index in [0.717, 1.165) is 5.56 Å². The van der Waals surface area contributed by atoms with Gasteiger partial charge in [-0.25, -0.2) is 4.68 Å². The zero-order valence-electron chi connectivity index (χ0n) is 9.78. The normalized spacial score (nSPS) is 10.5. The quantitative estimate of drug-likeness (QED) is 0.605. The minimum atomic E-state index is -0.419. The van der Waals surface area contributed by atoms with Crippen molar-refractivity contribution in [1.82, 2.24) is 25.5 Å². The second kappa shape index (κ2) is 5.32. The van der Waals surface area contributed by atoms with Crippen LogP contribution in [0.5, 0.6) is 0 Å². The molecule has 8 nitrogen and oxygen atoms in total. The first-order valence-electron chi connectivity index (χ1n) is 5.33. The minimum Gasteiger partial charge on any atom is -0.313 e. The monoisotopic (exact) mass is 248 g/mol. The van der Waals surface area contributed by atoms with E-state index in [2.05, 4.69) is 20.8 Å². The number of hydrogen-bond donors (Lipinski definition) is 1. The van der Waals surface area contributed by atoms with Gasteiger partial charge in [-0.2, -0.15) is 0 Å². The van der Waals surface area contributed by atoms with Crippen LogP contribution in [0.3, 0.4) is 0 Å². The summed E-state index contributed by atoms with van der Waals surface area (Å²) in [5, 5.41) is 24.9. The average Bonchev–Trinajstić information content (AvgIpc) is 2.77. The lowest BCUT2D eigenvalue weighted by Gasteiger charge is -2.04. The summed E-state index contributed by atoms with van der Waals surface area (Å²) in [6.45, 7) is 0.952. The predicted octanol–water partition coefficient (Wildman–Crippen LogP) is 0.349. The Morgan fingerprint density at radius 1 is 1.50 bits per heavy atom. The molecular weight excluding hydrogens is 236 g/mol. The smallest absolute Gasteiger partial charge is 0.269 e. The molecule has 0 fully saturated rings. The fourth-order valence-electron chi connectivity index (χ4n) is 1.57. The van der Waals surface area contributed by atoms with Crippen LogP contribution in [0, 0.1) is 10.1 Å². The zero-order valence-corrected chi connectivity index (χ0v) is 9.78. The highest BCUT2D eigenvalue weighted by Gasteiger charge is 2.09. The molecule has 0 atom stereocenters. The molecule has 0 aliphatic heterocycles. The van der Waals surface area contributed by atoms with Crippen LogP contribution in [0.4, 0.5) is 5.69 Å². The largest absolute Gasteiger partial charge is 0.313 e. The van der Waals surface area contributed by atoms with Crippen molar-refractivity contribution < 1.29 is 4.92 Å². The lowest BCUT2D eigenvalue weighted by atomic mass is 10.2. The molecule has 0 unspecified atom stereocenters. The number of aromatic nitrogens is 4. The molecule has 2 rings (SSSR count). The van der Waals surface area contributed by atoms with E-state index in [0.29, 0.717) is 18.9 Å². The van der Waals surface area contributed by atoms with Crippen molar-refractivity contribution in [2.45, 2.75) is 13.1 Å². The van der Waals surface area contributed by atoms with Crippen LogP contribution in [-0.2, 0) is 13.1 Å². The number of nitrogens with one attached hydrogen (secondary N) is 1. The van der Waals surface area contributed by atoms with Crippen molar-refractivity contribution in [3.8, 4) is 0 Å². The van der Waals surface area contributed by atoms with Gasteiger partial charge in [-0.15, -0.1) is 5.10 Å². The summed E-state index contributed by atoms with van der Waals surface area (Å²) in [5.74, 6) is 0.684. The van der Waals surface area contributed by atoms with Crippen LogP contribution in [0.2, 0.25) is 0 Å². The first-order chi connectivity index (χ1) is 8.70. The maximum atomic E-state index is 10.7. The standard InChI is InChI=1S/C10H12N6O2/c1-11-6-10-12-13-14-15(10)7-8-3-2-4-9(5-8)16(17)18/h2-5,11H,6-7H2,1H3. The van der Waals surface area contributed by atoms with E-state index in [-0.39, 0.29) is 5.69 Å². The summed E-state index contributed by atoms with van der Waals surface area (Å²) in [5.41, 5.74) is 0.851. The number of benzene rings is 1. The second-order valence-electron chi connectivity index (χ2n) is 3.71. The van der Waals surface area contributed by atoms with Crippen molar-refractivity contribution in [3.63, 3.8) is 0 Å². The predicted molar refractivity (Wildman–Crippen MR) is 62.8 cm³/mol. The van der Waals surface area contributed by atoms with E-state index in [1.54, 1.807) is 23.9 Å². The number of nitro groups is 1. The van der Waals surface area contributed by atoms with Crippen molar-refractivity contribution in [3.05, 3.63) is 45.8 Å². The van der Waals surface area contributed by atoms with Crippen LogP contribution in [0.25, 0.3) is 0 Å². The zero-order chi connectivity index (χ0) is 13.0. The van der Waals surface area contributed by atoms with E-state index in [9.17, 15) is 10.1 Å². The molecule has 0 spiro atoms. The van der Waals surface area contributed by atoms with Gasteiger partial charge in [0.1, 0.15) is 0 Å². The van der Waals surface area contributed by atoms with Gasteiger partial charge in [0.2, 0.25) is 0 Å². The highest BCUT2D eigenvalue weighted by atomic mass is 16.6. The van der Waals surface area contributed by atoms with Gasteiger partial charge in [-0.1, -0.05) is 12.1 Å². The minimum absolute atomic E-state index is 0.0655. The Morgan fingerprint density at radius 3 is 3.06 bits per heavy atom. The maximum absolute atomic E-state index is 10.7. The van der Waals surface area contributed by atoms with Crippen LogP contribution in [0.1, 0.15) is 11.4 Å². The lowest BCUT2D eigenvalue weighted by molar-refractivity contribution is -0.384. The van der Waals surface area contributed by atoms with E-state index >= 15 is 0 Å². The lowest BCUT2D eigenvalue weighted by Crippen LogP contribution is -2.14. The molecule has 2 aromatic rings. The first kappa shape index (κ1) is 12.1. The summed E-state index contributed by atoms with van der Waals surface area (Å²) in [6.07, 6.45) is 0. The van der Waals surface area contributed by atoms with Gasteiger partial charge in [0, 0.05) is 12.1 Å². The van der Waals surface area contributed by atoms with E-state index in [1.807, 2.05) is 0 Å². The molecule has 0 saturated carbocycles. The summed E-state index contributed by atoms with van der Waals surface area (Å²) >= 11 is 0. The summed E-state index contributed by atoms with van der Waals surface area (Å²) in [6, 6.07) is 6.43. The number of non-ortho nitro benzene ring substituents is 1. The molecular formula is C10H12N6O2. The molecule has 0 radical (unpaired) electrons. The Hall–Kier alpha value is -2.35. The fourth-order valence-corrected chi connectivity index (χ4v) is 1.57. The van der Waals surface area contributed by atoms with Crippen molar-refractivity contribution in [1.29, 1.82) is 0 Å². The topological polar surface area (TPSA) is 98.8 Å². The first-order valence-corrected chi connectivity index (χ1v) is 5.33. The number of rotatable bonds is 5. The highest BCUT2D eigenvalue weighted by molar-refractivity contribution is 5.34. The molecule has 18 heavy (non-hydrogen) atoms. The van der Waals surface area contributed by atoms with E-state index in [4.69, 9.17) is 0 Å². The molecule has 0 saturated heterocycles. The number of hydrogen-bond acceptors (Lipinski definition) is 6. The Kier molecular flexibility index (Phi) is 3.58. The van der Waals surface area contributed by atoms with Crippen LogP contribution in [0.15, 0.2) is 24.3 Å². The van der Waals surface area contributed by atoms with E-state index in [1.165, 1.54) is 12.1 Å². The molecule has 1 aromatic carbocycles. The third-order valence-electron chi connectivity index (χ3n) is 2.39. The highest BCUT2D eigenvalue weighted by Crippen LogP contribution is 2.14. The summed E-state index contributed by atoms with van der Waals surface area (Å²) < 4.78 is 1.61. The van der Waals surface area contributed by atoms with E-state index < -0.39 is 4.92 Å². The Bertz CT molecular complexity index is 553. The van der Waals surface area contributed by atoms with Crippen LogP contribution in [-0.4, -0.2) is 32.2 Å². The molecule has 0 aliphatic carbocycles. The molecule has 1 N–H and O–H groups in total. The third-order valence-corrected chi connectivity index (χ3v) is 2.39. The van der Waals surface area contributed by atoms with Gasteiger partial charge in [-0.3, -0.25) is 10.1 Å². The molecule has 1 heterocycles. The molecule has 0 amide bonds. The molecule has 94 valence electrons. The van der Waals surface area contributed by atoms with Gasteiger partial charge in [0.05, 0.1) is 18.0 Å². The van der Waals surface area contributed by atoms with Crippen molar-refractivity contribution >= 4 is 5.69 Å². The summed E-state index contributed by atoms with van der Waals surface area (Å²) in [7, 11) is 1.80. The third kappa shape index (κ3) is 2.66. The average molecular weight is 248 g/mol. The molecule has 0 bridgehead atoms. The van der Waals surface area contributed by atoms with Gasteiger partial charge >= 0.3 is 0 Å². The SMILES string of the molecule is CNCc1nnnn1Cc1cccc([N+](=O)[O-])c1. The Balaban J connectivity index is 2.20. The van der Waals surface area contributed by atoms with Gasteiger partial charge in [-0.05, 0) is 23.0 Å². The van der Waals surface area contributed by atoms with Crippen LogP contribution < -0.4 is 5.32 Å². The van der Waals surface area contributed by atoms with Crippen molar-refractivity contribution in [2.24, 2.45) is 0 Å². The number of nitrogens with zero attached hydrogens (tertiary/aromatic N) is 5. The maximum Gasteiger partial charge on any atom is 0.269 e. The van der Waals surface area contributed by atoms with Crippen LogP contribution >= 0.6 is 0 Å². The second-order valence-corrected chi connectivity index (χ2v) is 3.71. The summed E-state index contributed by atoms with van der Waals surface area (Å²) in [4.78, 5) is 10.3. The van der Waals surface area contributed by atoms with Crippen molar-refractivity contribution in [2.75, 3.05) is 7.05 Å². The van der Waals surface area contributed by atoms with Gasteiger partial charge in [0.15, 0.2) is 5.82 Å². The molecule has 8 heteroatoms. The fraction of sp³-hybridized carbons (Fsp3) is 0.300. The Morgan fingerprint density at radius 2 is 2.33 bits per heavy atom. The van der Waals surface area contributed by atoms with Gasteiger partial charge < -0.3 is 5.32 Å².